The fraction of sp³-hybridized carbons (Fsp3) is 0.875. The van der Waals surface area contributed by atoms with Gasteiger partial charge in [-0.3, -0.25) is 4.79 Å². The van der Waals surface area contributed by atoms with Gasteiger partial charge >= 0.3 is 0 Å². The molecule has 59 heavy (non-hydrogen) atoms. The van der Waals surface area contributed by atoms with Crippen molar-refractivity contribution in [3.05, 3.63) is 24.3 Å². The number of nitrogens with one attached hydrogen (secondary N) is 1. The summed E-state index contributed by atoms with van der Waals surface area (Å²) in [5.74, 6) is -0.303. The molecule has 12 N–H and O–H groups in total. The molecule has 0 radical (unpaired) electrons. The Morgan fingerprint density at radius 1 is 0.593 bits per heavy atom. The van der Waals surface area contributed by atoms with Gasteiger partial charge in [0.1, 0.15) is 73.2 Å². The summed E-state index contributed by atoms with van der Waals surface area (Å²) in [4.78, 5) is 12.9. The molecule has 0 saturated carbocycles. The van der Waals surface area contributed by atoms with Gasteiger partial charge in [0.05, 0.1) is 38.6 Å². The number of rotatable bonds is 26. The predicted molar refractivity (Wildman–Crippen MR) is 208 cm³/mol. The van der Waals surface area contributed by atoms with Crippen molar-refractivity contribution in [2.75, 3.05) is 26.4 Å². The highest BCUT2D eigenvalue weighted by molar-refractivity contribution is 5.76. The molecule has 3 heterocycles. The Balaban J connectivity index is 1.57. The topological polar surface area (TPSA) is 307 Å². The van der Waals surface area contributed by atoms with Crippen molar-refractivity contribution >= 4 is 5.91 Å². The molecule has 19 heteroatoms. The van der Waals surface area contributed by atoms with Crippen molar-refractivity contribution in [1.82, 2.24) is 5.32 Å². The quantitative estimate of drug-likeness (QED) is 0.0335. The van der Waals surface area contributed by atoms with Crippen LogP contribution in [0.25, 0.3) is 0 Å². The van der Waals surface area contributed by atoms with E-state index in [2.05, 4.69) is 24.4 Å². The molecule has 0 aliphatic carbocycles. The number of carbonyl (C=O) groups is 1. The minimum absolute atomic E-state index is 0.229. The van der Waals surface area contributed by atoms with Crippen LogP contribution in [0, 0.1) is 0 Å². The van der Waals surface area contributed by atoms with E-state index in [0.29, 0.717) is 12.8 Å². The summed E-state index contributed by atoms with van der Waals surface area (Å²) in [7, 11) is 0. The molecule has 3 aliphatic rings. The summed E-state index contributed by atoms with van der Waals surface area (Å²) in [6, 6.07) is -0.967. The van der Waals surface area contributed by atoms with Gasteiger partial charge in [-0.1, -0.05) is 76.7 Å². The fourth-order valence-electron chi connectivity index (χ4n) is 7.06. The van der Waals surface area contributed by atoms with Crippen LogP contribution < -0.4 is 5.32 Å². The number of aliphatic hydroxyl groups is 11. The van der Waals surface area contributed by atoms with E-state index >= 15 is 0 Å². The summed E-state index contributed by atoms with van der Waals surface area (Å²) in [5.41, 5.74) is 0. The first kappa shape index (κ1) is 51.6. The minimum atomic E-state index is -1.97. The van der Waals surface area contributed by atoms with Crippen LogP contribution in [0.5, 0.6) is 0 Å². The molecule has 3 aliphatic heterocycles. The van der Waals surface area contributed by atoms with E-state index in [1.807, 2.05) is 6.92 Å². The van der Waals surface area contributed by atoms with E-state index in [1.54, 1.807) is 6.08 Å². The van der Waals surface area contributed by atoms with Gasteiger partial charge in [0.15, 0.2) is 18.9 Å². The zero-order valence-electron chi connectivity index (χ0n) is 34.2. The Hall–Kier alpha value is -1.73. The standard InChI is InChI=1S/C40H71NO18/c1-3-5-7-8-9-10-11-12-13-14-16-18-28(46)41-23(24(45)17-15-6-4-2)22-54-38-34(52)31(49)36(26(20-43)56-38)59-40-35(53)32(50)37(27(21-44)57-40)58-39-33(51)30(48)29(47)25(19-42)55-39/h8-9,15,17,23-27,29-40,42-45,47-53H,3-7,10-14,16,18-22H2,1-2H3,(H,41,46)/b9-8-,17-15+. The molecule has 0 spiro atoms. The molecule has 0 aromatic rings. The zero-order chi connectivity index (χ0) is 43.5. The lowest BCUT2D eigenvalue weighted by molar-refractivity contribution is -0.379. The molecule has 344 valence electrons. The molecular weight excluding hydrogens is 782 g/mol. The lowest BCUT2D eigenvalue weighted by Gasteiger charge is -2.48. The van der Waals surface area contributed by atoms with E-state index in [9.17, 15) is 61.0 Å². The number of carbonyl (C=O) groups excluding carboxylic acids is 1. The van der Waals surface area contributed by atoms with E-state index < -0.39 is 124 Å². The van der Waals surface area contributed by atoms with Gasteiger partial charge in [0.25, 0.3) is 0 Å². The number of aliphatic hydroxyl groups excluding tert-OH is 11. The molecule has 3 rings (SSSR count). The average Bonchev–Trinajstić information content (AvgIpc) is 3.23. The number of hydrogen-bond donors (Lipinski definition) is 12. The molecule has 3 saturated heterocycles. The molecule has 0 aromatic carbocycles. The van der Waals surface area contributed by atoms with Gasteiger partial charge in [-0.05, 0) is 32.1 Å². The third-order valence-corrected chi connectivity index (χ3v) is 10.7. The smallest absolute Gasteiger partial charge is 0.220 e. The van der Waals surface area contributed by atoms with Crippen LogP contribution in [0.15, 0.2) is 24.3 Å². The van der Waals surface area contributed by atoms with Crippen molar-refractivity contribution in [1.29, 1.82) is 0 Å². The second-order valence-electron chi connectivity index (χ2n) is 15.4. The van der Waals surface area contributed by atoms with Crippen LogP contribution in [0.3, 0.4) is 0 Å². The Morgan fingerprint density at radius 2 is 1.10 bits per heavy atom. The van der Waals surface area contributed by atoms with Crippen molar-refractivity contribution in [2.45, 2.75) is 195 Å². The van der Waals surface area contributed by atoms with Crippen molar-refractivity contribution in [3.63, 3.8) is 0 Å². The zero-order valence-corrected chi connectivity index (χ0v) is 34.2. The third-order valence-electron chi connectivity index (χ3n) is 10.7. The molecular formula is C40H71NO18. The Bertz CT molecular complexity index is 1210. The first-order valence-corrected chi connectivity index (χ1v) is 21.1. The maximum atomic E-state index is 12.9. The van der Waals surface area contributed by atoms with Crippen molar-refractivity contribution < 1.29 is 89.4 Å². The summed E-state index contributed by atoms with van der Waals surface area (Å²) in [5, 5.41) is 118. The monoisotopic (exact) mass is 853 g/mol. The summed E-state index contributed by atoms with van der Waals surface area (Å²) in [6.07, 6.45) is -8.05. The van der Waals surface area contributed by atoms with Crippen LogP contribution >= 0.6 is 0 Å². The second-order valence-corrected chi connectivity index (χ2v) is 15.4. The lowest BCUT2D eigenvalue weighted by Crippen LogP contribution is -2.66. The second kappa shape index (κ2) is 27.4. The highest BCUT2D eigenvalue weighted by Gasteiger charge is 2.53. The SMILES string of the molecule is CCC/C=C/C(O)C(COC1OC(CO)C(OC2OC(CO)C(OC3OC(CO)C(O)C(O)C3O)C(O)C2O)C(O)C1O)NC(=O)CCCCCCC/C=C\CCCC. The molecule has 19 nitrogen and oxygen atoms in total. The summed E-state index contributed by atoms with van der Waals surface area (Å²) in [6.45, 7) is 1.36. The maximum absolute atomic E-state index is 12.9. The van der Waals surface area contributed by atoms with Crippen LogP contribution in [-0.4, -0.2) is 193 Å². The Kier molecular flexibility index (Phi) is 23.9. The van der Waals surface area contributed by atoms with Crippen LogP contribution in [0.2, 0.25) is 0 Å². The molecule has 17 atom stereocenters. The Morgan fingerprint density at radius 3 is 1.68 bits per heavy atom. The highest BCUT2D eigenvalue weighted by Crippen LogP contribution is 2.32. The van der Waals surface area contributed by atoms with Gasteiger partial charge in [-0.2, -0.15) is 0 Å². The summed E-state index contributed by atoms with van der Waals surface area (Å²) >= 11 is 0. The van der Waals surface area contributed by atoms with Crippen LogP contribution in [-0.2, 0) is 33.2 Å². The molecule has 1 amide bonds. The van der Waals surface area contributed by atoms with E-state index in [0.717, 1.165) is 44.9 Å². The largest absolute Gasteiger partial charge is 0.394 e. The molecule has 0 aromatic heterocycles. The van der Waals surface area contributed by atoms with E-state index in [1.165, 1.54) is 18.9 Å². The number of amides is 1. The van der Waals surface area contributed by atoms with Crippen molar-refractivity contribution in [2.24, 2.45) is 0 Å². The van der Waals surface area contributed by atoms with Gasteiger partial charge in [-0.25, -0.2) is 0 Å². The summed E-state index contributed by atoms with van der Waals surface area (Å²) < 4.78 is 33.7. The van der Waals surface area contributed by atoms with Crippen LogP contribution in [0.1, 0.15) is 90.9 Å². The van der Waals surface area contributed by atoms with Gasteiger partial charge in [0.2, 0.25) is 5.91 Å². The predicted octanol–water partition coefficient (Wildman–Crippen LogP) is -1.87. The first-order valence-electron chi connectivity index (χ1n) is 21.1. The van der Waals surface area contributed by atoms with Gasteiger partial charge < -0.3 is 89.9 Å². The normalized spacial score (nSPS) is 36.6. The maximum Gasteiger partial charge on any atom is 0.220 e. The van der Waals surface area contributed by atoms with Crippen LogP contribution in [0.4, 0.5) is 0 Å². The number of hydrogen-bond acceptors (Lipinski definition) is 18. The number of ether oxygens (including phenoxy) is 6. The number of unbranched alkanes of at least 4 members (excludes halogenated alkanes) is 8. The Labute approximate surface area is 346 Å². The van der Waals surface area contributed by atoms with E-state index in [-0.39, 0.29) is 18.9 Å². The van der Waals surface area contributed by atoms with Gasteiger partial charge in [0, 0.05) is 6.42 Å². The minimum Gasteiger partial charge on any atom is -0.394 e. The molecule has 17 unspecified atom stereocenters. The van der Waals surface area contributed by atoms with Crippen molar-refractivity contribution in [3.8, 4) is 0 Å². The highest BCUT2D eigenvalue weighted by atomic mass is 16.8. The van der Waals surface area contributed by atoms with Gasteiger partial charge in [-0.15, -0.1) is 0 Å². The third kappa shape index (κ3) is 15.5. The first-order chi connectivity index (χ1) is 28.3. The fourth-order valence-corrected chi connectivity index (χ4v) is 7.06. The van der Waals surface area contributed by atoms with E-state index in [4.69, 9.17) is 28.4 Å². The lowest BCUT2D eigenvalue weighted by atomic mass is 9.96. The average molecular weight is 854 g/mol. The molecule has 0 bridgehead atoms. The number of allylic oxidation sites excluding steroid dienone is 3. The molecule has 3 fully saturated rings.